The molecule has 128 valence electrons. The largest absolute Gasteiger partial charge is 0.456 e. The van der Waals surface area contributed by atoms with Crippen LogP contribution in [0.1, 0.15) is 16.7 Å². The van der Waals surface area contributed by atoms with E-state index in [0.717, 1.165) is 33.8 Å². The summed E-state index contributed by atoms with van der Waals surface area (Å²) in [6, 6.07) is 33.4. The van der Waals surface area contributed by atoms with Crippen molar-refractivity contribution in [3.63, 3.8) is 0 Å². The van der Waals surface area contributed by atoms with Crippen LogP contribution in [-0.4, -0.2) is 0 Å². The van der Waals surface area contributed by atoms with Crippen LogP contribution in [0.2, 0.25) is 0 Å². The molecule has 5 rings (SSSR count). The molecule has 1 nitrogen and oxygen atoms in total. The molecule has 0 atom stereocenters. The van der Waals surface area contributed by atoms with Crippen molar-refractivity contribution in [1.29, 1.82) is 0 Å². The SMILES string of the molecule is C1=Cc2c(ccc3ccccc23)OC1=C(c1ccccc1)c1ccccc1. The predicted molar refractivity (Wildman–Crippen MR) is 113 cm³/mol. The summed E-state index contributed by atoms with van der Waals surface area (Å²) in [5.74, 6) is 1.77. The summed E-state index contributed by atoms with van der Waals surface area (Å²) < 4.78 is 6.40. The second-order valence-corrected chi connectivity index (χ2v) is 6.61. The molecule has 0 radical (unpaired) electrons. The Hall–Kier alpha value is -3.58. The lowest BCUT2D eigenvalue weighted by Gasteiger charge is -2.20. The lowest BCUT2D eigenvalue weighted by molar-refractivity contribution is 0.443. The molecule has 27 heavy (non-hydrogen) atoms. The first-order valence-corrected chi connectivity index (χ1v) is 9.13. The number of hydrogen-bond donors (Lipinski definition) is 0. The fourth-order valence-corrected chi connectivity index (χ4v) is 3.64. The topological polar surface area (TPSA) is 9.23 Å². The summed E-state index contributed by atoms with van der Waals surface area (Å²) in [6.45, 7) is 0. The Balaban J connectivity index is 1.71. The Kier molecular flexibility index (Phi) is 3.84. The highest BCUT2D eigenvalue weighted by Gasteiger charge is 2.18. The summed E-state index contributed by atoms with van der Waals surface area (Å²) >= 11 is 0. The number of allylic oxidation sites excluding steroid dienone is 1. The van der Waals surface area contributed by atoms with E-state index in [9.17, 15) is 0 Å². The van der Waals surface area contributed by atoms with Crippen LogP contribution in [0.25, 0.3) is 22.4 Å². The highest BCUT2D eigenvalue weighted by Crippen LogP contribution is 2.37. The third-order valence-electron chi connectivity index (χ3n) is 4.92. The first-order valence-electron chi connectivity index (χ1n) is 9.13. The van der Waals surface area contributed by atoms with Crippen molar-refractivity contribution in [2.24, 2.45) is 0 Å². The monoisotopic (exact) mass is 346 g/mol. The molecule has 0 N–H and O–H groups in total. The van der Waals surface area contributed by atoms with Crippen molar-refractivity contribution in [2.75, 3.05) is 0 Å². The van der Waals surface area contributed by atoms with Crippen LogP contribution in [0.5, 0.6) is 5.75 Å². The van der Waals surface area contributed by atoms with Crippen molar-refractivity contribution < 1.29 is 4.74 Å². The average molecular weight is 346 g/mol. The Labute approximate surface area is 158 Å². The molecule has 0 saturated heterocycles. The second kappa shape index (κ2) is 6.62. The van der Waals surface area contributed by atoms with Crippen molar-refractivity contribution in [3.8, 4) is 5.75 Å². The molecule has 1 aliphatic heterocycles. The van der Waals surface area contributed by atoms with E-state index in [-0.39, 0.29) is 0 Å². The van der Waals surface area contributed by atoms with E-state index < -0.39 is 0 Å². The van der Waals surface area contributed by atoms with E-state index >= 15 is 0 Å². The molecule has 0 amide bonds. The number of rotatable bonds is 2. The average Bonchev–Trinajstić information content (AvgIpc) is 2.75. The van der Waals surface area contributed by atoms with Crippen LogP contribution in [0, 0.1) is 0 Å². The maximum atomic E-state index is 6.40. The molecule has 0 fully saturated rings. The molecule has 0 saturated carbocycles. The third-order valence-corrected chi connectivity index (χ3v) is 4.92. The Morgan fingerprint density at radius 1 is 0.556 bits per heavy atom. The molecule has 1 heterocycles. The molecule has 4 aromatic rings. The fraction of sp³-hybridized carbons (Fsp3) is 0. The van der Waals surface area contributed by atoms with Gasteiger partial charge in [0.25, 0.3) is 0 Å². The van der Waals surface area contributed by atoms with Gasteiger partial charge in [-0.1, -0.05) is 91.0 Å². The number of ether oxygens (including phenoxy) is 1. The molecule has 0 aliphatic carbocycles. The van der Waals surface area contributed by atoms with Gasteiger partial charge < -0.3 is 4.74 Å². The van der Waals surface area contributed by atoms with E-state index in [0.29, 0.717) is 0 Å². The van der Waals surface area contributed by atoms with E-state index in [1.807, 2.05) is 12.1 Å². The summed E-state index contributed by atoms with van der Waals surface area (Å²) in [7, 11) is 0. The van der Waals surface area contributed by atoms with E-state index in [1.165, 1.54) is 10.8 Å². The molecule has 1 heteroatoms. The van der Waals surface area contributed by atoms with Crippen LogP contribution >= 0.6 is 0 Å². The van der Waals surface area contributed by atoms with Gasteiger partial charge in [0.1, 0.15) is 11.5 Å². The Morgan fingerprint density at radius 2 is 1.19 bits per heavy atom. The van der Waals surface area contributed by atoms with Gasteiger partial charge in [0.2, 0.25) is 0 Å². The lowest BCUT2D eigenvalue weighted by Crippen LogP contribution is -2.04. The molecular weight excluding hydrogens is 328 g/mol. The van der Waals surface area contributed by atoms with Gasteiger partial charge in [-0.05, 0) is 40.1 Å². The van der Waals surface area contributed by atoms with Crippen LogP contribution < -0.4 is 4.74 Å². The van der Waals surface area contributed by atoms with Crippen LogP contribution in [-0.2, 0) is 0 Å². The van der Waals surface area contributed by atoms with Gasteiger partial charge in [0, 0.05) is 11.1 Å². The van der Waals surface area contributed by atoms with E-state index in [2.05, 4.69) is 97.1 Å². The quantitative estimate of drug-likeness (QED) is 0.392. The van der Waals surface area contributed by atoms with Crippen LogP contribution in [0.15, 0.2) is 109 Å². The molecular formula is C26H18O. The molecule has 0 spiro atoms. The van der Waals surface area contributed by atoms with Crippen molar-refractivity contribution >= 4 is 22.4 Å². The fourth-order valence-electron chi connectivity index (χ4n) is 3.64. The number of benzene rings is 4. The normalized spacial score (nSPS) is 12.5. The van der Waals surface area contributed by atoms with E-state index in [1.54, 1.807) is 0 Å². The first-order chi connectivity index (χ1) is 13.4. The van der Waals surface area contributed by atoms with Crippen molar-refractivity contribution in [3.05, 3.63) is 126 Å². The standard InChI is InChI=1S/C26H18O/c1-3-10-20(11-4-1)26(21-12-5-2-6-13-21)25-18-16-23-22-14-8-7-9-19(22)15-17-24(23)27-25/h1-18H. The number of fused-ring (bicyclic) bond motifs is 3. The zero-order valence-electron chi connectivity index (χ0n) is 14.8. The van der Waals surface area contributed by atoms with Crippen LogP contribution in [0.4, 0.5) is 0 Å². The Morgan fingerprint density at radius 3 is 1.89 bits per heavy atom. The Bertz CT molecular complexity index is 1130. The minimum atomic E-state index is 0.871. The third kappa shape index (κ3) is 2.84. The molecule has 1 aliphatic rings. The predicted octanol–water partition coefficient (Wildman–Crippen LogP) is 6.71. The van der Waals surface area contributed by atoms with Crippen molar-refractivity contribution in [2.45, 2.75) is 0 Å². The van der Waals surface area contributed by atoms with Gasteiger partial charge in [0.05, 0.1) is 0 Å². The van der Waals surface area contributed by atoms with Gasteiger partial charge in [-0.25, -0.2) is 0 Å². The lowest BCUT2D eigenvalue weighted by atomic mass is 9.95. The summed E-state index contributed by atoms with van der Waals surface area (Å²) in [4.78, 5) is 0. The maximum Gasteiger partial charge on any atom is 0.135 e. The summed E-state index contributed by atoms with van der Waals surface area (Å²) in [5.41, 5.74) is 4.53. The highest BCUT2D eigenvalue weighted by atomic mass is 16.5. The van der Waals surface area contributed by atoms with Gasteiger partial charge in [-0.15, -0.1) is 0 Å². The van der Waals surface area contributed by atoms with Gasteiger partial charge in [0.15, 0.2) is 0 Å². The van der Waals surface area contributed by atoms with Gasteiger partial charge in [-0.3, -0.25) is 0 Å². The highest BCUT2D eigenvalue weighted by molar-refractivity contribution is 5.95. The minimum Gasteiger partial charge on any atom is -0.456 e. The van der Waals surface area contributed by atoms with Crippen LogP contribution in [0.3, 0.4) is 0 Å². The van der Waals surface area contributed by atoms with Gasteiger partial charge in [-0.2, -0.15) is 0 Å². The maximum absolute atomic E-state index is 6.40. The van der Waals surface area contributed by atoms with Crippen molar-refractivity contribution in [1.82, 2.24) is 0 Å². The molecule has 0 aromatic heterocycles. The smallest absolute Gasteiger partial charge is 0.135 e. The zero-order valence-corrected chi connectivity index (χ0v) is 14.8. The minimum absolute atomic E-state index is 0.871. The molecule has 0 unspecified atom stereocenters. The molecule has 0 bridgehead atoms. The summed E-state index contributed by atoms with van der Waals surface area (Å²) in [6.07, 6.45) is 4.26. The van der Waals surface area contributed by atoms with E-state index in [4.69, 9.17) is 4.74 Å². The van der Waals surface area contributed by atoms with Gasteiger partial charge >= 0.3 is 0 Å². The molecule has 4 aromatic carbocycles. The number of hydrogen-bond acceptors (Lipinski definition) is 1. The second-order valence-electron chi connectivity index (χ2n) is 6.61. The first kappa shape index (κ1) is 15.7. The zero-order chi connectivity index (χ0) is 18.1. The summed E-state index contributed by atoms with van der Waals surface area (Å²) in [5, 5.41) is 2.44.